The highest BCUT2D eigenvalue weighted by atomic mass is 32.2. The molecule has 16 nitrogen and oxygen atoms in total. The second kappa shape index (κ2) is 11.6. The Morgan fingerprint density at radius 3 is 1.84 bits per heavy atom. The third-order valence-electron chi connectivity index (χ3n) is 5.70. The summed E-state index contributed by atoms with van der Waals surface area (Å²) in [4.78, 5) is 49.1. The van der Waals surface area contributed by atoms with Crippen molar-refractivity contribution in [2.75, 3.05) is 10.3 Å². The number of aromatic nitrogens is 2. The summed E-state index contributed by atoms with van der Waals surface area (Å²) in [5.41, 5.74) is -0.556. The van der Waals surface area contributed by atoms with E-state index in [1.165, 1.54) is 56.3 Å². The number of carbonyl (C=O) groups is 3. The van der Waals surface area contributed by atoms with Gasteiger partial charge in [-0.25, -0.2) is 4.68 Å². The molecule has 0 unspecified atom stereocenters. The number of benzene rings is 2. The second-order valence-electron chi connectivity index (χ2n) is 8.85. The van der Waals surface area contributed by atoms with E-state index in [-0.39, 0.29) is 34.2 Å². The third kappa shape index (κ3) is 6.84. The average molecular weight is 631 g/mol. The van der Waals surface area contributed by atoms with Gasteiger partial charge in [-0.15, -0.1) is 5.10 Å². The maximum Gasteiger partial charge on any atom is 0.294 e. The molecule has 0 bridgehead atoms. The van der Waals surface area contributed by atoms with Crippen LogP contribution < -0.4 is 21.2 Å². The zero-order valence-electron chi connectivity index (χ0n) is 22.2. The minimum atomic E-state index is -4.48. The molecule has 224 valence electrons. The van der Waals surface area contributed by atoms with Gasteiger partial charge in [0.25, 0.3) is 31.7 Å². The molecule has 43 heavy (non-hydrogen) atoms. The Morgan fingerprint density at radius 1 is 0.837 bits per heavy atom. The molecule has 5 N–H and O–H groups in total. The molecule has 0 radical (unpaired) electrons. The topological polar surface area (TPSA) is 237 Å². The summed E-state index contributed by atoms with van der Waals surface area (Å²) < 4.78 is 64.7. The summed E-state index contributed by atoms with van der Waals surface area (Å²) in [6.45, 7) is 2.39. The normalized spacial score (nSPS) is 14.8. The van der Waals surface area contributed by atoms with Crippen LogP contribution in [0, 0.1) is 0 Å². The molecular weight excluding hydrogens is 608 g/mol. The van der Waals surface area contributed by atoms with Gasteiger partial charge in [-0.05, 0) is 60.7 Å². The van der Waals surface area contributed by atoms with E-state index in [0.29, 0.717) is 0 Å². The molecule has 1 aromatic heterocycles. The first-order chi connectivity index (χ1) is 20.1. The van der Waals surface area contributed by atoms with Crippen LogP contribution in [0.15, 0.2) is 85.9 Å². The summed E-state index contributed by atoms with van der Waals surface area (Å²) >= 11 is 0. The lowest BCUT2D eigenvalue weighted by Gasteiger charge is -2.11. The van der Waals surface area contributed by atoms with Crippen molar-refractivity contribution in [2.45, 2.75) is 23.6 Å². The van der Waals surface area contributed by atoms with Crippen LogP contribution >= 0.6 is 0 Å². The van der Waals surface area contributed by atoms with Crippen molar-refractivity contribution >= 4 is 61.4 Å². The summed E-state index contributed by atoms with van der Waals surface area (Å²) in [6, 6.07) is 9.21. The Balaban J connectivity index is 1.70. The molecule has 0 aliphatic carbocycles. The number of carbonyl (C=O) groups excluding carboxylic acids is 3. The quantitative estimate of drug-likeness (QED) is 0.184. The number of hydrogen-bond acceptors (Lipinski definition) is 9. The SMILES string of the molecule is CC(=O)NC1=NN(c2ccc(S(=O)(=O)O)cc2)C(=O)C1=CC=Cc1c(NC(C)=O)[nH]n(-c2ccc(S(=O)(=O)O)cc2)c1=O. The number of amides is 3. The van der Waals surface area contributed by atoms with Crippen molar-refractivity contribution in [1.82, 2.24) is 15.1 Å². The average Bonchev–Trinajstić information content (AvgIpc) is 3.38. The molecule has 0 spiro atoms. The largest absolute Gasteiger partial charge is 0.311 e. The van der Waals surface area contributed by atoms with Crippen LogP contribution in [-0.4, -0.2) is 59.3 Å². The van der Waals surface area contributed by atoms with E-state index in [1.807, 2.05) is 0 Å². The lowest BCUT2D eigenvalue weighted by Crippen LogP contribution is -2.29. The van der Waals surface area contributed by atoms with Crippen molar-refractivity contribution in [1.29, 1.82) is 0 Å². The molecule has 3 aromatic rings. The maximum absolute atomic E-state index is 13.2. The number of H-pyrrole nitrogens is 1. The van der Waals surface area contributed by atoms with Crippen molar-refractivity contribution in [3.8, 4) is 5.69 Å². The molecule has 0 saturated heterocycles. The molecule has 18 heteroatoms. The van der Waals surface area contributed by atoms with E-state index in [2.05, 4.69) is 20.8 Å². The molecule has 1 aliphatic heterocycles. The highest BCUT2D eigenvalue weighted by Gasteiger charge is 2.31. The van der Waals surface area contributed by atoms with Crippen LogP contribution in [0.5, 0.6) is 0 Å². The van der Waals surface area contributed by atoms with Gasteiger partial charge in [-0.2, -0.15) is 21.8 Å². The third-order valence-corrected chi connectivity index (χ3v) is 7.43. The molecular formula is C25H22N6O10S2. The number of amidine groups is 1. The first-order valence-electron chi connectivity index (χ1n) is 11.9. The van der Waals surface area contributed by atoms with Crippen molar-refractivity contribution < 1.29 is 40.3 Å². The Labute approximate surface area is 243 Å². The molecule has 4 rings (SSSR count). The van der Waals surface area contributed by atoms with E-state index < -0.39 is 53.3 Å². The number of nitrogens with zero attached hydrogens (tertiary/aromatic N) is 3. The zero-order valence-corrected chi connectivity index (χ0v) is 23.8. The molecule has 0 atom stereocenters. The van der Waals surface area contributed by atoms with Crippen molar-refractivity contribution in [2.24, 2.45) is 5.10 Å². The molecule has 2 aromatic carbocycles. The summed E-state index contributed by atoms with van der Waals surface area (Å²) in [6.07, 6.45) is 3.80. The number of rotatable bonds is 7. The highest BCUT2D eigenvalue weighted by molar-refractivity contribution is 7.86. The lowest BCUT2D eigenvalue weighted by atomic mass is 10.2. The van der Waals surface area contributed by atoms with Gasteiger partial charge in [0.15, 0.2) is 5.84 Å². The van der Waals surface area contributed by atoms with Crippen LogP contribution in [0.3, 0.4) is 0 Å². The number of aromatic amines is 1. The molecule has 1 aliphatic rings. The van der Waals surface area contributed by atoms with Crippen molar-refractivity contribution in [3.05, 3.63) is 82.2 Å². The monoisotopic (exact) mass is 630 g/mol. The van der Waals surface area contributed by atoms with Gasteiger partial charge < -0.3 is 10.6 Å². The Bertz CT molecular complexity index is 2000. The zero-order chi connectivity index (χ0) is 31.7. The second-order valence-corrected chi connectivity index (χ2v) is 11.7. The van der Waals surface area contributed by atoms with E-state index in [0.717, 1.165) is 34.0 Å². The number of hydrogen-bond donors (Lipinski definition) is 5. The number of anilines is 2. The van der Waals surface area contributed by atoms with Gasteiger partial charge >= 0.3 is 0 Å². The fourth-order valence-corrected chi connectivity index (χ4v) is 4.78. The van der Waals surface area contributed by atoms with Gasteiger partial charge in [0.05, 0.1) is 32.3 Å². The molecule has 3 amide bonds. The van der Waals surface area contributed by atoms with Crippen LogP contribution in [0.25, 0.3) is 11.8 Å². The van der Waals surface area contributed by atoms with E-state index in [9.17, 15) is 45.1 Å². The standard InChI is InChI=1S/C25H22N6O10S2/c1-14(32)26-22-20(24(34)30(28-22)16-6-10-18(11-7-16)42(36,37)38)4-3-5-21-23(27-15(2)33)29-31(25(21)35)17-8-12-19(13-9-17)43(39,40)41/h3-13,28H,1-2H3,(H,26,32)(H,27,29,33)(H,36,37,38)(H,39,40,41). The molecule has 0 saturated carbocycles. The first kappa shape index (κ1) is 30.8. The van der Waals surface area contributed by atoms with Crippen LogP contribution in [0.1, 0.15) is 19.4 Å². The smallest absolute Gasteiger partial charge is 0.294 e. The van der Waals surface area contributed by atoms with Crippen LogP contribution in [0.2, 0.25) is 0 Å². The van der Waals surface area contributed by atoms with Crippen LogP contribution in [-0.2, 0) is 34.6 Å². The van der Waals surface area contributed by atoms with Gasteiger partial charge in [0.1, 0.15) is 5.82 Å². The lowest BCUT2D eigenvalue weighted by molar-refractivity contribution is -0.117. The van der Waals surface area contributed by atoms with Gasteiger partial charge in [0, 0.05) is 13.8 Å². The Kier molecular flexibility index (Phi) is 8.31. The minimum absolute atomic E-state index is 0.0277. The van der Waals surface area contributed by atoms with E-state index in [4.69, 9.17) is 0 Å². The van der Waals surface area contributed by atoms with E-state index in [1.54, 1.807) is 0 Å². The Morgan fingerprint density at radius 2 is 1.35 bits per heavy atom. The maximum atomic E-state index is 13.2. The summed E-state index contributed by atoms with van der Waals surface area (Å²) in [5, 5.41) is 12.6. The Hall–Kier alpha value is -5.17. The summed E-state index contributed by atoms with van der Waals surface area (Å²) in [5.74, 6) is -1.97. The highest BCUT2D eigenvalue weighted by Crippen LogP contribution is 2.25. The summed E-state index contributed by atoms with van der Waals surface area (Å²) in [7, 11) is -8.95. The fourth-order valence-electron chi connectivity index (χ4n) is 3.82. The molecule has 0 fully saturated rings. The number of nitrogens with one attached hydrogen (secondary N) is 3. The fraction of sp³-hybridized carbons (Fsp3) is 0.0800. The first-order valence-corrected chi connectivity index (χ1v) is 14.8. The van der Waals surface area contributed by atoms with Gasteiger partial charge in [-0.1, -0.05) is 6.08 Å². The number of allylic oxidation sites excluding steroid dienone is 2. The van der Waals surface area contributed by atoms with Gasteiger partial charge in [0.2, 0.25) is 11.8 Å². The van der Waals surface area contributed by atoms with E-state index >= 15 is 0 Å². The molecule has 2 heterocycles. The van der Waals surface area contributed by atoms with Crippen molar-refractivity contribution in [3.63, 3.8) is 0 Å². The van der Waals surface area contributed by atoms with Crippen LogP contribution in [0.4, 0.5) is 11.5 Å². The van der Waals surface area contributed by atoms with Gasteiger partial charge in [-0.3, -0.25) is 33.4 Å². The number of hydrazone groups is 1. The predicted molar refractivity (Wildman–Crippen MR) is 153 cm³/mol. The predicted octanol–water partition coefficient (Wildman–Crippen LogP) is 1.05. The minimum Gasteiger partial charge on any atom is -0.311 e.